The lowest BCUT2D eigenvalue weighted by atomic mass is 10.1. The van der Waals surface area contributed by atoms with Gasteiger partial charge in [-0.15, -0.1) is 11.3 Å². The van der Waals surface area contributed by atoms with Crippen LogP contribution in [0, 0.1) is 0 Å². The van der Waals surface area contributed by atoms with Crippen molar-refractivity contribution in [2.24, 2.45) is 0 Å². The van der Waals surface area contributed by atoms with Crippen LogP contribution in [0.2, 0.25) is 0 Å². The quantitative estimate of drug-likeness (QED) is 0.399. The van der Waals surface area contributed by atoms with Crippen molar-refractivity contribution in [1.29, 1.82) is 0 Å². The molecule has 0 aromatic carbocycles. The van der Waals surface area contributed by atoms with E-state index >= 15 is 0 Å². The van der Waals surface area contributed by atoms with Crippen LogP contribution in [0.15, 0.2) is 17.6 Å². The largest absolute Gasteiger partial charge is 0.480 e. The van der Waals surface area contributed by atoms with Crippen LogP contribution in [0.4, 0.5) is 16.4 Å². The molecule has 0 radical (unpaired) electrons. The number of sulfonamides is 1. The van der Waals surface area contributed by atoms with Crippen LogP contribution >= 0.6 is 11.3 Å². The number of morpholine rings is 1. The highest BCUT2D eigenvalue weighted by Gasteiger charge is 2.25. The number of fused-ring (bicyclic) bond motifs is 1. The third-order valence-electron chi connectivity index (χ3n) is 6.77. The van der Waals surface area contributed by atoms with Crippen molar-refractivity contribution in [3.63, 3.8) is 0 Å². The number of carbonyl (C=O) groups is 1. The van der Waals surface area contributed by atoms with Crippen molar-refractivity contribution in [2.45, 2.75) is 13.5 Å². The van der Waals surface area contributed by atoms with Gasteiger partial charge in [0.25, 0.3) is 0 Å². The SMILES string of the molecule is CCNC(=O)N1CCN(Cc2csc3c(-c4cnc(OC)c(NS(C)(=O)=O)c4)nc(N4CCOCC4)nc23)CC1. The zero-order valence-electron chi connectivity index (χ0n) is 22.8. The highest BCUT2D eigenvalue weighted by molar-refractivity contribution is 7.92. The lowest BCUT2D eigenvalue weighted by Crippen LogP contribution is -2.51. The first-order valence-electron chi connectivity index (χ1n) is 13.1. The molecular formula is C25H34N8O5S2. The Morgan fingerprint density at radius 2 is 1.90 bits per heavy atom. The van der Waals surface area contributed by atoms with Gasteiger partial charge < -0.3 is 24.6 Å². The van der Waals surface area contributed by atoms with E-state index in [0.29, 0.717) is 69.7 Å². The second kappa shape index (κ2) is 12.1. The number of pyridine rings is 1. The molecule has 2 aliphatic heterocycles. The number of nitrogens with zero attached hydrogens (tertiary/aromatic N) is 6. The van der Waals surface area contributed by atoms with Crippen molar-refractivity contribution < 1.29 is 22.7 Å². The molecule has 15 heteroatoms. The molecule has 0 aliphatic carbocycles. The van der Waals surface area contributed by atoms with E-state index in [1.54, 1.807) is 23.6 Å². The predicted molar refractivity (Wildman–Crippen MR) is 155 cm³/mol. The molecule has 0 saturated carbocycles. The number of aromatic nitrogens is 3. The molecule has 3 aromatic rings. The van der Waals surface area contributed by atoms with E-state index in [9.17, 15) is 13.2 Å². The Morgan fingerprint density at radius 1 is 1.15 bits per heavy atom. The fraction of sp³-hybridized carbons (Fsp3) is 0.520. The first-order valence-corrected chi connectivity index (χ1v) is 15.9. The summed E-state index contributed by atoms with van der Waals surface area (Å²) < 4.78 is 38.2. The van der Waals surface area contributed by atoms with Crippen LogP contribution in [0.5, 0.6) is 5.88 Å². The second-order valence-electron chi connectivity index (χ2n) is 9.66. The molecule has 2 N–H and O–H groups in total. The smallest absolute Gasteiger partial charge is 0.317 e. The maximum atomic E-state index is 12.2. The third kappa shape index (κ3) is 6.37. The summed E-state index contributed by atoms with van der Waals surface area (Å²) in [5.74, 6) is 0.770. The van der Waals surface area contributed by atoms with Gasteiger partial charge in [-0.1, -0.05) is 0 Å². The van der Waals surface area contributed by atoms with Gasteiger partial charge in [-0.25, -0.2) is 28.2 Å². The summed E-state index contributed by atoms with van der Waals surface area (Å²) in [6.07, 6.45) is 2.72. The van der Waals surface area contributed by atoms with Crippen LogP contribution < -0.4 is 19.7 Å². The average Bonchev–Trinajstić information content (AvgIpc) is 3.35. The fourth-order valence-corrected chi connectivity index (χ4v) is 6.35. The van der Waals surface area contributed by atoms with Crippen molar-refractivity contribution >= 4 is 49.2 Å². The van der Waals surface area contributed by atoms with Crippen LogP contribution in [-0.2, 0) is 21.3 Å². The van der Waals surface area contributed by atoms with Crippen molar-refractivity contribution in [3.05, 3.63) is 23.2 Å². The molecule has 0 spiro atoms. The Morgan fingerprint density at radius 3 is 2.58 bits per heavy atom. The maximum Gasteiger partial charge on any atom is 0.317 e. The van der Waals surface area contributed by atoms with Crippen LogP contribution in [0.25, 0.3) is 21.5 Å². The van der Waals surface area contributed by atoms with Gasteiger partial charge in [0.2, 0.25) is 21.9 Å². The van der Waals surface area contributed by atoms with E-state index < -0.39 is 10.0 Å². The molecule has 0 bridgehead atoms. The Balaban J connectivity index is 1.50. The second-order valence-corrected chi connectivity index (χ2v) is 12.3. The first kappa shape index (κ1) is 28.3. The van der Waals surface area contributed by atoms with E-state index in [0.717, 1.165) is 35.1 Å². The maximum absolute atomic E-state index is 12.2. The monoisotopic (exact) mass is 590 g/mol. The summed E-state index contributed by atoms with van der Waals surface area (Å²) in [6.45, 7) is 8.64. The molecule has 40 heavy (non-hydrogen) atoms. The molecule has 2 amide bonds. The van der Waals surface area contributed by atoms with Gasteiger partial charge in [0.15, 0.2) is 0 Å². The molecule has 5 rings (SSSR count). The lowest BCUT2D eigenvalue weighted by Gasteiger charge is -2.34. The normalized spacial score (nSPS) is 16.8. The lowest BCUT2D eigenvalue weighted by molar-refractivity contribution is 0.122. The van der Waals surface area contributed by atoms with Crippen LogP contribution in [-0.4, -0.2) is 112 Å². The number of hydrogen-bond donors (Lipinski definition) is 2. The Bertz CT molecular complexity index is 1470. The van der Waals surface area contributed by atoms with E-state index in [-0.39, 0.29) is 17.6 Å². The molecule has 2 aliphatic rings. The van der Waals surface area contributed by atoms with Gasteiger partial charge in [-0.3, -0.25) is 9.62 Å². The summed E-state index contributed by atoms with van der Waals surface area (Å²) in [5, 5.41) is 4.98. The molecular weight excluding hydrogens is 556 g/mol. The van der Waals surface area contributed by atoms with Gasteiger partial charge in [0.05, 0.1) is 42.5 Å². The average molecular weight is 591 g/mol. The number of rotatable bonds is 8. The summed E-state index contributed by atoms with van der Waals surface area (Å²) in [4.78, 5) is 32.8. The fourth-order valence-electron chi connectivity index (χ4n) is 4.80. The number of thiophene rings is 1. The summed E-state index contributed by atoms with van der Waals surface area (Å²) in [6, 6.07) is 1.67. The van der Waals surface area contributed by atoms with E-state index in [1.807, 2.05) is 11.8 Å². The van der Waals surface area contributed by atoms with Gasteiger partial charge in [-0.2, -0.15) is 0 Å². The number of urea groups is 1. The van der Waals surface area contributed by atoms with E-state index in [4.69, 9.17) is 19.4 Å². The van der Waals surface area contributed by atoms with E-state index in [1.165, 1.54) is 7.11 Å². The zero-order chi connectivity index (χ0) is 28.3. The number of anilines is 2. The highest BCUT2D eigenvalue weighted by atomic mass is 32.2. The summed E-state index contributed by atoms with van der Waals surface area (Å²) in [7, 11) is -2.12. The third-order valence-corrected chi connectivity index (χ3v) is 8.38. The van der Waals surface area contributed by atoms with Crippen LogP contribution in [0.1, 0.15) is 12.5 Å². The highest BCUT2D eigenvalue weighted by Crippen LogP contribution is 2.37. The Hall–Kier alpha value is -3.27. The topological polar surface area (TPSA) is 142 Å². The van der Waals surface area contributed by atoms with Crippen LogP contribution in [0.3, 0.4) is 0 Å². The minimum atomic E-state index is -3.56. The van der Waals surface area contributed by atoms with Crippen molar-refractivity contribution in [1.82, 2.24) is 30.1 Å². The minimum absolute atomic E-state index is 0.0199. The number of methoxy groups -OCH3 is 1. The van der Waals surface area contributed by atoms with Crippen molar-refractivity contribution in [3.8, 4) is 17.1 Å². The predicted octanol–water partition coefficient (Wildman–Crippen LogP) is 1.82. The van der Waals surface area contributed by atoms with Gasteiger partial charge >= 0.3 is 6.03 Å². The standard InChI is InChI=1S/C25H34N8O5S2/c1-4-26-25(34)33-7-5-31(6-8-33)15-18-16-39-22-20(28-24(29-21(18)22)32-9-11-38-12-10-32)17-13-19(30-40(3,35)36)23(37-2)27-14-17/h13-14,16,30H,4-12,15H2,1-3H3,(H,26,34). The van der Waals surface area contributed by atoms with Gasteiger partial charge in [-0.05, 0) is 18.4 Å². The number of carbonyl (C=O) groups excluding carboxylic acids is 1. The Kier molecular flexibility index (Phi) is 8.54. The molecule has 0 unspecified atom stereocenters. The number of hydrogen-bond acceptors (Lipinski definition) is 11. The number of amides is 2. The van der Waals surface area contributed by atoms with Gasteiger partial charge in [0, 0.05) is 69.7 Å². The number of ether oxygens (including phenoxy) is 2. The number of nitrogens with one attached hydrogen (secondary N) is 2. The summed E-state index contributed by atoms with van der Waals surface area (Å²) >= 11 is 1.55. The zero-order valence-corrected chi connectivity index (χ0v) is 24.5. The Labute approximate surface area is 237 Å². The molecule has 2 saturated heterocycles. The molecule has 216 valence electrons. The first-order chi connectivity index (χ1) is 19.3. The van der Waals surface area contributed by atoms with Gasteiger partial charge in [0.1, 0.15) is 5.69 Å². The molecule has 13 nitrogen and oxygen atoms in total. The molecule has 0 atom stereocenters. The molecule has 3 aromatic heterocycles. The minimum Gasteiger partial charge on any atom is -0.480 e. The summed E-state index contributed by atoms with van der Waals surface area (Å²) in [5.41, 5.74) is 3.51. The molecule has 2 fully saturated rings. The molecule has 5 heterocycles. The number of piperazine rings is 1. The van der Waals surface area contributed by atoms with Crippen molar-refractivity contribution in [2.75, 3.05) is 82.0 Å². The van der Waals surface area contributed by atoms with E-state index in [2.05, 4.69) is 30.2 Å².